The van der Waals surface area contributed by atoms with E-state index in [0.717, 1.165) is 17.8 Å². The van der Waals surface area contributed by atoms with Crippen molar-refractivity contribution in [3.8, 4) is 11.5 Å². The van der Waals surface area contributed by atoms with E-state index in [9.17, 15) is 18.3 Å². The molecule has 0 aliphatic heterocycles. The van der Waals surface area contributed by atoms with Crippen LogP contribution >= 0.6 is 0 Å². The summed E-state index contributed by atoms with van der Waals surface area (Å²) in [5.74, 6) is 0.359. The topological polar surface area (TPSA) is 54.4 Å². The summed E-state index contributed by atoms with van der Waals surface area (Å²) >= 11 is 0. The Bertz CT molecular complexity index is 613. The van der Waals surface area contributed by atoms with Gasteiger partial charge < -0.3 is 15.2 Å². The highest BCUT2D eigenvalue weighted by Crippen LogP contribution is 2.28. The second-order valence-electron chi connectivity index (χ2n) is 4.29. The third-order valence-corrected chi connectivity index (χ3v) is 2.79. The maximum absolute atomic E-state index is 12.4. The Balaban J connectivity index is 2.03. The van der Waals surface area contributed by atoms with E-state index in [2.05, 4.69) is 10.3 Å². The van der Waals surface area contributed by atoms with Crippen molar-refractivity contribution in [1.82, 2.24) is 4.98 Å². The molecule has 21 heavy (non-hydrogen) atoms. The van der Waals surface area contributed by atoms with E-state index in [-0.39, 0.29) is 5.75 Å². The van der Waals surface area contributed by atoms with Gasteiger partial charge in [-0.05, 0) is 29.8 Å². The molecule has 0 spiro atoms. The zero-order valence-electron chi connectivity index (χ0n) is 11.1. The molecular formula is C14H13F3N2O2. The summed E-state index contributed by atoms with van der Waals surface area (Å²) in [5.41, 5.74) is 0.346. The first-order chi connectivity index (χ1) is 9.90. The normalized spacial score (nSPS) is 11.2. The Morgan fingerprint density at radius 1 is 1.24 bits per heavy atom. The predicted octanol–water partition coefficient (Wildman–Crippen LogP) is 3.43. The van der Waals surface area contributed by atoms with Crippen molar-refractivity contribution in [3.63, 3.8) is 0 Å². The van der Waals surface area contributed by atoms with E-state index >= 15 is 0 Å². The number of aromatic nitrogens is 1. The number of rotatable bonds is 4. The minimum atomic E-state index is -4.44. The molecule has 1 heterocycles. The third-order valence-electron chi connectivity index (χ3n) is 2.79. The third kappa shape index (κ3) is 3.77. The number of hydrogen-bond donors (Lipinski definition) is 2. The van der Waals surface area contributed by atoms with Crippen LogP contribution in [0.1, 0.15) is 11.3 Å². The molecule has 2 N–H and O–H groups in total. The van der Waals surface area contributed by atoms with Crippen LogP contribution in [0, 0.1) is 0 Å². The molecule has 1 aromatic carbocycles. The summed E-state index contributed by atoms with van der Waals surface area (Å²) in [4.78, 5) is 3.36. The van der Waals surface area contributed by atoms with Crippen LogP contribution in [-0.4, -0.2) is 17.2 Å². The Kier molecular flexibility index (Phi) is 4.21. The van der Waals surface area contributed by atoms with E-state index in [1.807, 2.05) is 0 Å². The lowest BCUT2D eigenvalue weighted by atomic mass is 10.2. The second kappa shape index (κ2) is 5.90. The summed E-state index contributed by atoms with van der Waals surface area (Å²) in [6.45, 7) is 0.365. The van der Waals surface area contributed by atoms with Crippen molar-refractivity contribution in [3.05, 3.63) is 47.8 Å². The Labute approximate surface area is 119 Å². The fraction of sp³-hybridized carbons (Fsp3) is 0.214. The average Bonchev–Trinajstić information content (AvgIpc) is 2.46. The van der Waals surface area contributed by atoms with E-state index < -0.39 is 11.9 Å². The van der Waals surface area contributed by atoms with Crippen molar-refractivity contribution >= 4 is 5.69 Å². The van der Waals surface area contributed by atoms with Crippen LogP contribution < -0.4 is 10.1 Å². The molecule has 7 heteroatoms. The molecule has 0 aliphatic carbocycles. The van der Waals surface area contributed by atoms with Crippen LogP contribution in [0.5, 0.6) is 11.5 Å². The number of methoxy groups -OCH3 is 1. The molecule has 1 aromatic heterocycles. The van der Waals surface area contributed by atoms with Gasteiger partial charge in [0.1, 0.15) is 5.69 Å². The van der Waals surface area contributed by atoms with Gasteiger partial charge in [-0.25, -0.2) is 4.98 Å². The lowest BCUT2D eigenvalue weighted by Gasteiger charge is -2.10. The number of pyridine rings is 1. The molecular weight excluding hydrogens is 285 g/mol. The molecule has 0 bridgehead atoms. The number of phenolic OH excluding ortho intramolecular Hbond substituents is 1. The standard InChI is InChI=1S/C14H13F3N2O2/c1-21-12-6-9(2-4-11(12)20)7-18-10-3-5-13(19-8-10)14(15,16)17/h2-6,8,18,20H,7H2,1H3. The molecule has 2 rings (SSSR count). The molecule has 112 valence electrons. The number of alkyl halides is 3. The Hall–Kier alpha value is -2.44. The van der Waals surface area contributed by atoms with Gasteiger partial charge in [0.15, 0.2) is 11.5 Å². The van der Waals surface area contributed by atoms with Crippen LogP contribution in [0.25, 0.3) is 0 Å². The number of phenols is 1. The van der Waals surface area contributed by atoms with Gasteiger partial charge in [-0.2, -0.15) is 13.2 Å². The summed E-state index contributed by atoms with van der Waals surface area (Å²) in [5, 5.41) is 12.4. The minimum absolute atomic E-state index is 0.0254. The molecule has 0 fully saturated rings. The largest absolute Gasteiger partial charge is 0.504 e. The Morgan fingerprint density at radius 3 is 2.57 bits per heavy atom. The number of benzene rings is 1. The number of aromatic hydroxyl groups is 1. The summed E-state index contributed by atoms with van der Waals surface area (Å²) in [6.07, 6.45) is -3.32. The second-order valence-corrected chi connectivity index (χ2v) is 4.29. The minimum Gasteiger partial charge on any atom is -0.504 e. The highest BCUT2D eigenvalue weighted by atomic mass is 19.4. The molecule has 0 saturated heterocycles. The molecule has 0 amide bonds. The van der Waals surface area contributed by atoms with Gasteiger partial charge in [-0.15, -0.1) is 0 Å². The monoisotopic (exact) mass is 298 g/mol. The van der Waals surface area contributed by atoms with Crippen LogP contribution in [0.2, 0.25) is 0 Å². The maximum Gasteiger partial charge on any atom is 0.433 e. The number of hydrogen-bond acceptors (Lipinski definition) is 4. The molecule has 0 atom stereocenters. The SMILES string of the molecule is COc1cc(CNc2ccc(C(F)(F)F)nc2)ccc1O. The maximum atomic E-state index is 12.4. The van der Waals surface area contributed by atoms with Gasteiger partial charge >= 0.3 is 6.18 Å². The first-order valence-electron chi connectivity index (χ1n) is 6.03. The summed E-state index contributed by atoms with van der Waals surface area (Å²) < 4.78 is 42.1. The van der Waals surface area contributed by atoms with E-state index in [4.69, 9.17) is 4.74 Å². The number of nitrogens with zero attached hydrogens (tertiary/aromatic N) is 1. The van der Waals surface area contributed by atoms with Gasteiger partial charge in [0.25, 0.3) is 0 Å². The molecule has 0 saturated carbocycles. The first-order valence-corrected chi connectivity index (χ1v) is 6.03. The van der Waals surface area contributed by atoms with Gasteiger partial charge in [0.05, 0.1) is 19.0 Å². The lowest BCUT2D eigenvalue weighted by Crippen LogP contribution is -2.08. The van der Waals surface area contributed by atoms with E-state index in [0.29, 0.717) is 18.0 Å². The molecule has 0 aliphatic rings. The summed E-state index contributed by atoms with van der Waals surface area (Å²) in [7, 11) is 1.44. The number of nitrogens with one attached hydrogen (secondary N) is 1. The average molecular weight is 298 g/mol. The van der Waals surface area contributed by atoms with Crippen molar-refractivity contribution in [2.24, 2.45) is 0 Å². The van der Waals surface area contributed by atoms with Gasteiger partial charge in [-0.1, -0.05) is 6.07 Å². The fourth-order valence-electron chi connectivity index (χ4n) is 1.70. The molecule has 4 nitrogen and oxygen atoms in total. The number of anilines is 1. The Morgan fingerprint density at radius 2 is 2.00 bits per heavy atom. The van der Waals surface area contributed by atoms with Crippen LogP contribution in [0.4, 0.5) is 18.9 Å². The predicted molar refractivity (Wildman–Crippen MR) is 71.2 cm³/mol. The van der Waals surface area contributed by atoms with Gasteiger partial charge in [-0.3, -0.25) is 0 Å². The molecule has 2 aromatic rings. The van der Waals surface area contributed by atoms with Crippen LogP contribution in [0.3, 0.4) is 0 Å². The smallest absolute Gasteiger partial charge is 0.433 e. The van der Waals surface area contributed by atoms with Gasteiger partial charge in [0.2, 0.25) is 0 Å². The molecule has 0 radical (unpaired) electrons. The lowest BCUT2D eigenvalue weighted by molar-refractivity contribution is -0.141. The summed E-state index contributed by atoms with van der Waals surface area (Å²) in [6, 6.07) is 7.04. The van der Waals surface area contributed by atoms with Gasteiger partial charge in [0, 0.05) is 6.54 Å². The quantitative estimate of drug-likeness (QED) is 0.908. The van der Waals surface area contributed by atoms with E-state index in [1.54, 1.807) is 12.1 Å². The van der Waals surface area contributed by atoms with Crippen molar-refractivity contribution < 1.29 is 23.0 Å². The fourth-order valence-corrected chi connectivity index (χ4v) is 1.70. The van der Waals surface area contributed by atoms with Crippen molar-refractivity contribution in [2.75, 3.05) is 12.4 Å². The molecule has 0 unspecified atom stereocenters. The van der Waals surface area contributed by atoms with Crippen LogP contribution in [-0.2, 0) is 12.7 Å². The highest BCUT2D eigenvalue weighted by molar-refractivity contribution is 5.45. The number of ether oxygens (including phenoxy) is 1. The number of halogens is 3. The zero-order chi connectivity index (χ0) is 15.5. The highest BCUT2D eigenvalue weighted by Gasteiger charge is 2.31. The van der Waals surface area contributed by atoms with E-state index in [1.165, 1.54) is 19.2 Å². The van der Waals surface area contributed by atoms with Crippen molar-refractivity contribution in [2.45, 2.75) is 12.7 Å². The van der Waals surface area contributed by atoms with Crippen molar-refractivity contribution in [1.29, 1.82) is 0 Å². The zero-order valence-corrected chi connectivity index (χ0v) is 11.1. The van der Waals surface area contributed by atoms with Crippen LogP contribution in [0.15, 0.2) is 36.5 Å². The first kappa shape index (κ1) is 15.0.